The average Bonchev–Trinajstić information content (AvgIpc) is 2.33. The molecule has 3 nitrogen and oxygen atoms in total. The van der Waals surface area contributed by atoms with Crippen LogP contribution in [0.4, 0.5) is 0 Å². The third-order valence-electron chi connectivity index (χ3n) is 3.53. The van der Waals surface area contributed by atoms with Crippen molar-refractivity contribution in [1.29, 1.82) is 0 Å². The molecule has 1 aromatic rings. The van der Waals surface area contributed by atoms with Crippen LogP contribution in [0.15, 0.2) is 28.7 Å². The number of hydrogen-bond donors (Lipinski definition) is 2. The Bertz CT molecular complexity index is 388. The van der Waals surface area contributed by atoms with Crippen LogP contribution in [0.2, 0.25) is 0 Å². The second-order valence-electron chi connectivity index (χ2n) is 5.05. The van der Waals surface area contributed by atoms with Crippen molar-refractivity contribution in [2.45, 2.75) is 19.4 Å². The lowest BCUT2D eigenvalue weighted by molar-refractivity contribution is -0.135. The molecule has 2 rings (SSSR count). The van der Waals surface area contributed by atoms with E-state index in [0.29, 0.717) is 19.3 Å². The van der Waals surface area contributed by atoms with Crippen molar-refractivity contribution >= 4 is 15.9 Å². The second kappa shape index (κ2) is 6.15. The molecule has 4 heteroatoms. The maximum absolute atomic E-state index is 9.41. The predicted octanol–water partition coefficient (Wildman–Crippen LogP) is 2.50. The van der Waals surface area contributed by atoms with E-state index >= 15 is 0 Å². The van der Waals surface area contributed by atoms with Crippen molar-refractivity contribution in [3.05, 3.63) is 34.3 Å². The molecule has 1 saturated heterocycles. The number of aliphatic hydroxyl groups excluding tert-OH is 1. The molecule has 1 aliphatic heterocycles. The maximum Gasteiger partial charge on any atom is 0.0579 e. The zero-order valence-electron chi connectivity index (χ0n) is 10.7. The molecule has 1 aliphatic rings. The number of nitrogens with one attached hydrogen (secondary N) is 1. The summed E-state index contributed by atoms with van der Waals surface area (Å²) in [5.41, 5.74) is 1.21. The number of aliphatic hydroxyl groups is 1. The molecule has 0 saturated carbocycles. The highest BCUT2D eigenvalue weighted by Crippen LogP contribution is 2.28. The molecule has 1 atom stereocenters. The monoisotopic (exact) mass is 313 g/mol. The number of halogens is 1. The third-order valence-corrected chi connectivity index (χ3v) is 4.03. The summed E-state index contributed by atoms with van der Waals surface area (Å²) in [5.74, 6) is 0. The lowest BCUT2D eigenvalue weighted by Gasteiger charge is -2.41. The highest BCUT2D eigenvalue weighted by Gasteiger charge is 2.38. The van der Waals surface area contributed by atoms with E-state index in [1.165, 1.54) is 5.56 Å². The van der Waals surface area contributed by atoms with E-state index in [0.717, 1.165) is 17.4 Å². The van der Waals surface area contributed by atoms with Gasteiger partial charge in [0.05, 0.1) is 25.2 Å². The largest absolute Gasteiger partial charge is 0.396 e. The number of hydrogen-bond acceptors (Lipinski definition) is 3. The van der Waals surface area contributed by atoms with Gasteiger partial charge in [0.2, 0.25) is 0 Å². The van der Waals surface area contributed by atoms with Gasteiger partial charge in [0, 0.05) is 17.1 Å². The Labute approximate surface area is 117 Å². The van der Waals surface area contributed by atoms with E-state index in [4.69, 9.17) is 4.74 Å². The van der Waals surface area contributed by atoms with Gasteiger partial charge in [-0.3, -0.25) is 0 Å². The molecule has 0 spiro atoms. The number of benzene rings is 1. The summed E-state index contributed by atoms with van der Waals surface area (Å²) in [5, 5.41) is 13.0. The fourth-order valence-electron chi connectivity index (χ4n) is 2.20. The average molecular weight is 314 g/mol. The number of rotatable bonds is 6. The standard InChI is InChI=1S/C14H20BrNO2/c1-2-13(11-4-3-5-12(15)6-11)16-7-14(8-17)9-18-10-14/h3-6,13,16-17H,2,7-10H2,1H3. The molecule has 18 heavy (non-hydrogen) atoms. The van der Waals surface area contributed by atoms with E-state index in [-0.39, 0.29) is 12.0 Å². The zero-order valence-corrected chi connectivity index (χ0v) is 12.2. The summed E-state index contributed by atoms with van der Waals surface area (Å²) in [4.78, 5) is 0. The SMILES string of the molecule is CCC(NCC1(CO)COC1)c1cccc(Br)c1. The van der Waals surface area contributed by atoms with Gasteiger partial charge in [-0.15, -0.1) is 0 Å². The van der Waals surface area contributed by atoms with Gasteiger partial charge in [-0.1, -0.05) is 35.0 Å². The summed E-state index contributed by atoms with van der Waals surface area (Å²) >= 11 is 3.50. The van der Waals surface area contributed by atoms with Crippen molar-refractivity contribution in [2.75, 3.05) is 26.4 Å². The minimum Gasteiger partial charge on any atom is -0.396 e. The Morgan fingerprint density at radius 2 is 2.28 bits per heavy atom. The Balaban J connectivity index is 1.97. The maximum atomic E-state index is 9.41. The first-order chi connectivity index (χ1) is 8.69. The molecule has 0 bridgehead atoms. The first-order valence-corrected chi connectivity index (χ1v) is 7.16. The molecule has 0 aliphatic carbocycles. The lowest BCUT2D eigenvalue weighted by atomic mass is 9.86. The summed E-state index contributed by atoms with van der Waals surface area (Å²) in [6.07, 6.45) is 1.03. The third kappa shape index (κ3) is 3.12. The van der Waals surface area contributed by atoms with Crippen molar-refractivity contribution in [3.8, 4) is 0 Å². The van der Waals surface area contributed by atoms with E-state index < -0.39 is 0 Å². The summed E-state index contributed by atoms with van der Waals surface area (Å²) < 4.78 is 6.31. The van der Waals surface area contributed by atoms with Crippen LogP contribution < -0.4 is 5.32 Å². The first kappa shape index (κ1) is 14.0. The van der Waals surface area contributed by atoms with Crippen molar-refractivity contribution in [2.24, 2.45) is 5.41 Å². The predicted molar refractivity (Wildman–Crippen MR) is 75.5 cm³/mol. The van der Waals surface area contributed by atoms with Gasteiger partial charge >= 0.3 is 0 Å². The fraction of sp³-hybridized carbons (Fsp3) is 0.571. The molecule has 1 aromatic carbocycles. The molecule has 0 radical (unpaired) electrons. The van der Waals surface area contributed by atoms with Crippen LogP contribution in [0.25, 0.3) is 0 Å². The van der Waals surface area contributed by atoms with Crippen LogP contribution in [-0.2, 0) is 4.74 Å². The summed E-state index contributed by atoms with van der Waals surface area (Å²) in [6, 6.07) is 8.69. The second-order valence-corrected chi connectivity index (χ2v) is 5.96. The molecule has 0 amide bonds. The Morgan fingerprint density at radius 3 is 2.78 bits per heavy atom. The van der Waals surface area contributed by atoms with E-state index in [1.807, 2.05) is 6.07 Å². The van der Waals surface area contributed by atoms with E-state index in [1.54, 1.807) is 0 Å². The quantitative estimate of drug-likeness (QED) is 0.848. The summed E-state index contributed by atoms with van der Waals surface area (Å²) in [6.45, 7) is 4.47. The molecule has 1 heterocycles. The highest BCUT2D eigenvalue weighted by atomic mass is 79.9. The summed E-state index contributed by atoms with van der Waals surface area (Å²) in [7, 11) is 0. The van der Waals surface area contributed by atoms with Crippen molar-refractivity contribution in [1.82, 2.24) is 5.32 Å². The smallest absolute Gasteiger partial charge is 0.0579 e. The van der Waals surface area contributed by atoms with Crippen molar-refractivity contribution < 1.29 is 9.84 Å². The van der Waals surface area contributed by atoms with Crippen molar-refractivity contribution in [3.63, 3.8) is 0 Å². The van der Waals surface area contributed by atoms with Crippen LogP contribution in [0.3, 0.4) is 0 Å². The Kier molecular flexibility index (Phi) is 4.78. The van der Waals surface area contributed by atoms with Crippen LogP contribution in [0.1, 0.15) is 24.9 Å². The zero-order chi connectivity index (χ0) is 13.0. The fourth-order valence-corrected chi connectivity index (χ4v) is 2.62. The lowest BCUT2D eigenvalue weighted by Crippen LogP contribution is -2.52. The molecule has 0 aromatic heterocycles. The first-order valence-electron chi connectivity index (χ1n) is 6.36. The molecular formula is C14H20BrNO2. The van der Waals surface area contributed by atoms with E-state index in [9.17, 15) is 5.11 Å². The van der Waals surface area contributed by atoms with Crippen LogP contribution >= 0.6 is 15.9 Å². The minimum atomic E-state index is -0.0700. The minimum absolute atomic E-state index is 0.0700. The van der Waals surface area contributed by atoms with Gasteiger partial charge in [-0.05, 0) is 24.1 Å². The van der Waals surface area contributed by atoms with Gasteiger partial charge in [0.15, 0.2) is 0 Å². The van der Waals surface area contributed by atoms with Gasteiger partial charge in [-0.2, -0.15) is 0 Å². The molecule has 1 unspecified atom stereocenters. The Morgan fingerprint density at radius 1 is 1.50 bits per heavy atom. The normalized spacial score (nSPS) is 19.3. The van der Waals surface area contributed by atoms with Gasteiger partial charge in [0.1, 0.15) is 0 Å². The van der Waals surface area contributed by atoms with Gasteiger partial charge < -0.3 is 15.2 Å². The molecule has 100 valence electrons. The Hall–Kier alpha value is -0.420. The van der Waals surface area contributed by atoms with Gasteiger partial charge in [0.25, 0.3) is 0 Å². The molecular weight excluding hydrogens is 294 g/mol. The van der Waals surface area contributed by atoms with Crippen LogP contribution in [0, 0.1) is 5.41 Å². The van der Waals surface area contributed by atoms with E-state index in [2.05, 4.69) is 46.4 Å². The van der Waals surface area contributed by atoms with Crippen LogP contribution in [0.5, 0.6) is 0 Å². The van der Waals surface area contributed by atoms with Crippen LogP contribution in [-0.4, -0.2) is 31.5 Å². The number of ether oxygens (including phenoxy) is 1. The molecule has 2 N–H and O–H groups in total. The van der Waals surface area contributed by atoms with Gasteiger partial charge in [-0.25, -0.2) is 0 Å². The highest BCUT2D eigenvalue weighted by molar-refractivity contribution is 9.10. The molecule has 1 fully saturated rings. The topological polar surface area (TPSA) is 41.5 Å².